The van der Waals surface area contributed by atoms with Crippen LogP contribution in [0.1, 0.15) is 35.4 Å². The summed E-state index contributed by atoms with van der Waals surface area (Å²) >= 11 is 1.14. The number of carbonyl (C=O) groups is 3. The zero-order chi connectivity index (χ0) is 15.3. The van der Waals surface area contributed by atoms with E-state index in [1.807, 2.05) is 0 Å². The van der Waals surface area contributed by atoms with Gasteiger partial charge in [-0.1, -0.05) is 0 Å². The van der Waals surface area contributed by atoms with Crippen LogP contribution in [-0.4, -0.2) is 41.1 Å². The molecule has 110 valence electrons. The lowest BCUT2D eigenvalue weighted by Crippen LogP contribution is -2.48. The monoisotopic (exact) mass is 300 g/mol. The van der Waals surface area contributed by atoms with Crippen molar-refractivity contribution in [2.75, 3.05) is 7.05 Å². The van der Waals surface area contributed by atoms with Gasteiger partial charge in [-0.15, -0.1) is 11.3 Å². The number of hydrogen-bond acceptors (Lipinski definition) is 5. The first-order valence-corrected chi connectivity index (χ1v) is 6.70. The molecule has 0 bridgehead atoms. The first kappa shape index (κ1) is 15.9. The van der Waals surface area contributed by atoms with E-state index in [9.17, 15) is 14.4 Å². The molecule has 2 unspecified atom stereocenters. The quantitative estimate of drug-likeness (QED) is 0.625. The lowest BCUT2D eigenvalue weighted by Gasteiger charge is -2.16. The highest BCUT2D eigenvalue weighted by atomic mass is 32.1. The number of rotatable bonds is 5. The second-order valence-electron chi connectivity index (χ2n) is 4.05. The number of nitrogens with zero attached hydrogens (tertiary/aromatic N) is 1. The molecule has 0 aliphatic carbocycles. The third-order valence-electron chi connectivity index (χ3n) is 2.45. The molecule has 0 saturated carbocycles. The molecule has 4 N–H and O–H groups in total. The van der Waals surface area contributed by atoms with Gasteiger partial charge in [0.05, 0.1) is 6.04 Å². The van der Waals surface area contributed by atoms with Gasteiger partial charge >= 0.3 is 12.0 Å². The first-order valence-electron chi connectivity index (χ1n) is 5.82. The predicted molar refractivity (Wildman–Crippen MR) is 72.7 cm³/mol. The standard InChI is InChI=1S/C11H16N4O4S/c1-5(8(16)12-3)13-11(19)14-6(2)9-15-7(4-20-9)10(17)18/h4-6H,1-3H3,(H,12,16)(H,17,18)(H2,13,14,19). The fourth-order valence-electron chi connectivity index (χ4n) is 1.36. The summed E-state index contributed by atoms with van der Waals surface area (Å²) in [6, 6.07) is -1.65. The summed E-state index contributed by atoms with van der Waals surface area (Å²) in [4.78, 5) is 37.5. The van der Waals surface area contributed by atoms with Crippen LogP contribution in [0.15, 0.2) is 5.38 Å². The fraction of sp³-hybridized carbons (Fsp3) is 0.455. The van der Waals surface area contributed by atoms with Crippen molar-refractivity contribution < 1.29 is 19.5 Å². The van der Waals surface area contributed by atoms with Crippen LogP contribution < -0.4 is 16.0 Å². The maximum atomic E-state index is 11.7. The van der Waals surface area contributed by atoms with Crippen LogP contribution in [0.5, 0.6) is 0 Å². The minimum Gasteiger partial charge on any atom is -0.476 e. The smallest absolute Gasteiger partial charge is 0.355 e. The molecular formula is C11H16N4O4S. The number of amides is 3. The highest BCUT2D eigenvalue weighted by molar-refractivity contribution is 7.09. The molecule has 9 heteroatoms. The lowest BCUT2D eigenvalue weighted by atomic mass is 10.3. The Bertz CT molecular complexity index is 516. The number of carboxylic acid groups (broad SMARTS) is 1. The highest BCUT2D eigenvalue weighted by Gasteiger charge is 2.18. The molecular weight excluding hydrogens is 284 g/mol. The molecule has 0 radical (unpaired) electrons. The predicted octanol–water partition coefficient (Wildman–Crippen LogP) is 0.336. The first-order chi connectivity index (χ1) is 9.35. The summed E-state index contributed by atoms with van der Waals surface area (Å²) in [7, 11) is 1.48. The Balaban J connectivity index is 2.56. The summed E-state index contributed by atoms with van der Waals surface area (Å²) in [5, 5.41) is 18.1. The number of thiazole rings is 1. The Kier molecular flexibility index (Phi) is 5.44. The molecule has 2 atom stereocenters. The van der Waals surface area contributed by atoms with Gasteiger partial charge in [0.1, 0.15) is 11.0 Å². The summed E-state index contributed by atoms with van der Waals surface area (Å²) in [5.41, 5.74) is -0.0576. The number of aromatic carboxylic acids is 1. The van der Waals surface area contributed by atoms with Crippen molar-refractivity contribution in [3.8, 4) is 0 Å². The number of nitrogens with one attached hydrogen (secondary N) is 3. The average molecular weight is 300 g/mol. The maximum Gasteiger partial charge on any atom is 0.355 e. The fourth-order valence-corrected chi connectivity index (χ4v) is 2.16. The largest absolute Gasteiger partial charge is 0.476 e. The third-order valence-corrected chi connectivity index (χ3v) is 3.47. The Morgan fingerprint density at radius 1 is 1.30 bits per heavy atom. The molecule has 1 aromatic rings. The molecule has 0 spiro atoms. The minimum atomic E-state index is -1.11. The number of aromatic nitrogens is 1. The highest BCUT2D eigenvalue weighted by Crippen LogP contribution is 2.17. The van der Waals surface area contributed by atoms with E-state index in [2.05, 4.69) is 20.9 Å². The van der Waals surface area contributed by atoms with Gasteiger partial charge in [0.15, 0.2) is 5.69 Å². The van der Waals surface area contributed by atoms with Crippen molar-refractivity contribution in [2.24, 2.45) is 0 Å². The van der Waals surface area contributed by atoms with E-state index in [1.165, 1.54) is 12.4 Å². The van der Waals surface area contributed by atoms with Crippen LogP contribution in [0, 0.1) is 0 Å². The van der Waals surface area contributed by atoms with Gasteiger partial charge in [0.25, 0.3) is 0 Å². The van der Waals surface area contributed by atoms with Gasteiger partial charge in [-0.3, -0.25) is 4.79 Å². The van der Waals surface area contributed by atoms with Crippen LogP contribution in [0.2, 0.25) is 0 Å². The Labute approximate surface area is 119 Å². The van der Waals surface area contributed by atoms with E-state index in [0.717, 1.165) is 11.3 Å². The molecule has 0 fully saturated rings. The number of hydrogen-bond donors (Lipinski definition) is 4. The normalized spacial score (nSPS) is 13.2. The lowest BCUT2D eigenvalue weighted by molar-refractivity contribution is -0.122. The molecule has 0 aliphatic heterocycles. The molecule has 3 amide bonds. The van der Waals surface area contributed by atoms with Crippen molar-refractivity contribution in [2.45, 2.75) is 25.9 Å². The molecule has 0 aliphatic rings. The van der Waals surface area contributed by atoms with E-state index in [-0.39, 0.29) is 11.6 Å². The molecule has 20 heavy (non-hydrogen) atoms. The van der Waals surface area contributed by atoms with E-state index in [1.54, 1.807) is 13.8 Å². The molecule has 0 aromatic carbocycles. The number of urea groups is 1. The molecule has 1 heterocycles. The van der Waals surface area contributed by atoms with Crippen LogP contribution in [0.25, 0.3) is 0 Å². The van der Waals surface area contributed by atoms with E-state index in [4.69, 9.17) is 5.11 Å². The minimum absolute atomic E-state index is 0.0576. The van der Waals surface area contributed by atoms with Crippen LogP contribution in [-0.2, 0) is 4.79 Å². The maximum absolute atomic E-state index is 11.7. The molecule has 1 rings (SSSR count). The van der Waals surface area contributed by atoms with Gasteiger partial charge in [0.2, 0.25) is 5.91 Å². The Hall–Kier alpha value is -2.16. The van der Waals surface area contributed by atoms with E-state index >= 15 is 0 Å². The van der Waals surface area contributed by atoms with Crippen molar-refractivity contribution in [3.63, 3.8) is 0 Å². The van der Waals surface area contributed by atoms with Crippen LogP contribution >= 0.6 is 11.3 Å². The summed E-state index contributed by atoms with van der Waals surface area (Å²) in [6.07, 6.45) is 0. The Morgan fingerprint density at radius 3 is 2.45 bits per heavy atom. The molecule has 0 saturated heterocycles. The topological polar surface area (TPSA) is 120 Å². The zero-order valence-electron chi connectivity index (χ0n) is 11.3. The van der Waals surface area contributed by atoms with Gasteiger partial charge in [-0.05, 0) is 13.8 Å². The average Bonchev–Trinajstić information content (AvgIpc) is 2.87. The Morgan fingerprint density at radius 2 is 1.95 bits per heavy atom. The molecule has 1 aromatic heterocycles. The number of carbonyl (C=O) groups excluding carboxylic acids is 2. The molecule has 8 nitrogen and oxygen atoms in total. The van der Waals surface area contributed by atoms with Crippen molar-refractivity contribution in [3.05, 3.63) is 16.1 Å². The SMILES string of the molecule is CNC(=O)C(C)NC(=O)NC(C)c1nc(C(=O)O)cs1. The van der Waals surface area contributed by atoms with Crippen molar-refractivity contribution >= 4 is 29.2 Å². The third kappa shape index (κ3) is 4.19. The van der Waals surface area contributed by atoms with Gasteiger partial charge in [0, 0.05) is 12.4 Å². The summed E-state index contributed by atoms with van der Waals surface area (Å²) < 4.78 is 0. The van der Waals surface area contributed by atoms with Gasteiger partial charge in [-0.25, -0.2) is 14.6 Å². The second kappa shape index (κ2) is 6.85. The second-order valence-corrected chi connectivity index (χ2v) is 4.94. The van der Waals surface area contributed by atoms with Gasteiger partial charge < -0.3 is 21.1 Å². The van der Waals surface area contributed by atoms with Crippen LogP contribution in [0.4, 0.5) is 4.79 Å². The van der Waals surface area contributed by atoms with E-state index in [0.29, 0.717) is 5.01 Å². The van der Waals surface area contributed by atoms with Crippen molar-refractivity contribution in [1.29, 1.82) is 0 Å². The van der Waals surface area contributed by atoms with Crippen LogP contribution in [0.3, 0.4) is 0 Å². The number of likely N-dealkylation sites (N-methyl/N-ethyl adjacent to an activating group) is 1. The van der Waals surface area contributed by atoms with Gasteiger partial charge in [-0.2, -0.15) is 0 Å². The summed E-state index contributed by atoms with van der Waals surface area (Å²) in [5.74, 6) is -1.42. The van der Waals surface area contributed by atoms with Crippen molar-refractivity contribution in [1.82, 2.24) is 20.9 Å². The zero-order valence-corrected chi connectivity index (χ0v) is 12.1. The van der Waals surface area contributed by atoms with E-state index < -0.39 is 24.1 Å². The summed E-state index contributed by atoms with van der Waals surface area (Å²) in [6.45, 7) is 3.23. The number of carboxylic acids is 1.